The van der Waals surface area contributed by atoms with Crippen molar-refractivity contribution in [1.82, 2.24) is 4.31 Å². The number of amides is 1. The Kier molecular flexibility index (Phi) is 3.73. The number of hydrogen-bond acceptors (Lipinski definition) is 3. The highest BCUT2D eigenvalue weighted by Gasteiger charge is 2.36. The zero-order valence-corrected chi connectivity index (χ0v) is 15.1. The Morgan fingerprint density at radius 1 is 1.08 bits per heavy atom. The van der Waals surface area contributed by atoms with E-state index in [0.29, 0.717) is 36.2 Å². The van der Waals surface area contributed by atoms with E-state index >= 15 is 0 Å². The third-order valence-electron chi connectivity index (χ3n) is 5.45. The van der Waals surface area contributed by atoms with Crippen LogP contribution < -0.4 is 4.90 Å². The standard InChI is InChI=1S/C18H24N2O3S/c1-12-6-13(2)11-19(10-12)24(22,23)16-7-14-4-3-5-20-17(21)9-15(8-16)18(14)20/h7-8,12-13H,3-6,9-11H2,1-2H3/t12-,13-/m0/s1. The minimum absolute atomic E-state index is 0.0979. The molecular formula is C18H24N2O3S. The van der Waals surface area contributed by atoms with E-state index in [4.69, 9.17) is 0 Å². The predicted octanol–water partition coefficient (Wildman–Crippen LogP) is 2.19. The molecule has 0 aromatic heterocycles. The summed E-state index contributed by atoms with van der Waals surface area (Å²) in [6.07, 6.45) is 3.16. The first-order chi connectivity index (χ1) is 11.4. The lowest BCUT2D eigenvalue weighted by molar-refractivity contribution is -0.117. The first-order valence-electron chi connectivity index (χ1n) is 8.82. The largest absolute Gasteiger partial charge is 0.312 e. The van der Waals surface area contributed by atoms with E-state index < -0.39 is 10.0 Å². The van der Waals surface area contributed by atoms with Crippen LogP contribution in [0.15, 0.2) is 17.0 Å². The van der Waals surface area contributed by atoms with Crippen molar-refractivity contribution in [2.45, 2.75) is 44.4 Å². The molecule has 0 bridgehead atoms. The van der Waals surface area contributed by atoms with E-state index in [2.05, 4.69) is 13.8 Å². The summed E-state index contributed by atoms with van der Waals surface area (Å²) in [5.74, 6) is 0.863. The van der Waals surface area contributed by atoms with Crippen LogP contribution in [0.25, 0.3) is 0 Å². The Morgan fingerprint density at radius 2 is 1.75 bits per heavy atom. The highest BCUT2D eigenvalue weighted by molar-refractivity contribution is 7.89. The summed E-state index contributed by atoms with van der Waals surface area (Å²) in [6, 6.07) is 3.55. The van der Waals surface area contributed by atoms with Crippen LogP contribution in [-0.4, -0.2) is 38.3 Å². The van der Waals surface area contributed by atoms with Crippen LogP contribution in [0.4, 0.5) is 5.69 Å². The van der Waals surface area contributed by atoms with Gasteiger partial charge in [0.05, 0.1) is 17.0 Å². The summed E-state index contributed by atoms with van der Waals surface area (Å²) >= 11 is 0. The Hall–Kier alpha value is -1.40. The molecule has 1 aromatic rings. The van der Waals surface area contributed by atoms with E-state index in [1.807, 2.05) is 11.0 Å². The van der Waals surface area contributed by atoms with Crippen LogP contribution in [0.1, 0.15) is 37.8 Å². The Bertz CT molecular complexity index is 793. The third kappa shape index (κ3) is 2.47. The van der Waals surface area contributed by atoms with Gasteiger partial charge in [-0.15, -0.1) is 0 Å². The minimum atomic E-state index is -3.49. The van der Waals surface area contributed by atoms with Crippen molar-refractivity contribution in [2.75, 3.05) is 24.5 Å². The maximum absolute atomic E-state index is 13.2. The van der Waals surface area contributed by atoms with Gasteiger partial charge >= 0.3 is 0 Å². The third-order valence-corrected chi connectivity index (χ3v) is 7.26. The fourth-order valence-electron chi connectivity index (χ4n) is 4.55. The topological polar surface area (TPSA) is 57.7 Å². The quantitative estimate of drug-likeness (QED) is 0.823. The second-order valence-electron chi connectivity index (χ2n) is 7.68. The van der Waals surface area contributed by atoms with Gasteiger partial charge in [0.1, 0.15) is 0 Å². The van der Waals surface area contributed by atoms with Gasteiger partial charge in [-0.2, -0.15) is 4.31 Å². The summed E-state index contributed by atoms with van der Waals surface area (Å²) < 4.78 is 27.9. The Balaban J connectivity index is 1.75. The van der Waals surface area contributed by atoms with E-state index in [1.54, 1.807) is 10.4 Å². The van der Waals surface area contributed by atoms with Gasteiger partial charge in [0.15, 0.2) is 0 Å². The van der Waals surface area contributed by atoms with E-state index in [0.717, 1.165) is 42.6 Å². The summed E-state index contributed by atoms with van der Waals surface area (Å²) in [5.41, 5.74) is 2.88. The fourth-order valence-corrected chi connectivity index (χ4v) is 6.33. The number of piperidine rings is 1. The number of benzene rings is 1. The molecule has 1 saturated heterocycles. The lowest BCUT2D eigenvalue weighted by atomic mass is 9.94. The lowest BCUT2D eigenvalue weighted by Crippen LogP contribution is -2.42. The summed E-state index contributed by atoms with van der Waals surface area (Å²) in [5, 5.41) is 0. The molecule has 0 unspecified atom stereocenters. The van der Waals surface area contributed by atoms with Crippen molar-refractivity contribution in [2.24, 2.45) is 11.8 Å². The number of hydrogen-bond donors (Lipinski definition) is 0. The highest BCUT2D eigenvalue weighted by atomic mass is 32.2. The molecule has 0 N–H and O–H groups in total. The lowest BCUT2D eigenvalue weighted by Gasteiger charge is -2.34. The number of rotatable bonds is 2. The summed E-state index contributed by atoms with van der Waals surface area (Å²) in [6.45, 7) is 6.16. The second kappa shape index (κ2) is 5.56. The number of nitrogens with zero attached hydrogens (tertiary/aromatic N) is 2. The number of carbonyl (C=O) groups is 1. The van der Waals surface area contributed by atoms with E-state index in [1.165, 1.54) is 0 Å². The van der Waals surface area contributed by atoms with E-state index in [9.17, 15) is 13.2 Å². The first-order valence-corrected chi connectivity index (χ1v) is 10.3. The molecule has 0 radical (unpaired) electrons. The zero-order chi connectivity index (χ0) is 17.1. The van der Waals surface area contributed by atoms with Crippen LogP contribution >= 0.6 is 0 Å². The number of carbonyl (C=O) groups excluding carboxylic acids is 1. The van der Waals surface area contributed by atoms with Crippen LogP contribution in [0.5, 0.6) is 0 Å². The molecule has 3 aliphatic heterocycles. The van der Waals surface area contributed by atoms with Gasteiger partial charge in [0.2, 0.25) is 15.9 Å². The van der Waals surface area contributed by atoms with Crippen molar-refractivity contribution in [3.05, 3.63) is 23.3 Å². The van der Waals surface area contributed by atoms with E-state index in [-0.39, 0.29) is 5.91 Å². The molecule has 130 valence electrons. The molecular weight excluding hydrogens is 324 g/mol. The first kappa shape index (κ1) is 16.1. The SMILES string of the molecule is C[C@H]1C[C@H](C)CN(S(=O)(=O)c2cc3c4c(c2)CC(=O)N4CCC3)C1. The Morgan fingerprint density at radius 3 is 2.46 bits per heavy atom. The maximum atomic E-state index is 13.2. The van der Waals surface area contributed by atoms with Gasteiger partial charge in [0, 0.05) is 19.6 Å². The molecule has 0 aliphatic carbocycles. The number of sulfonamides is 1. The maximum Gasteiger partial charge on any atom is 0.243 e. The smallest absolute Gasteiger partial charge is 0.243 e. The van der Waals surface area contributed by atoms with Crippen molar-refractivity contribution in [3.63, 3.8) is 0 Å². The van der Waals surface area contributed by atoms with Crippen LogP contribution in [0.3, 0.4) is 0 Å². The molecule has 1 amide bonds. The minimum Gasteiger partial charge on any atom is -0.312 e. The molecule has 3 heterocycles. The molecule has 1 fully saturated rings. The monoisotopic (exact) mass is 348 g/mol. The molecule has 4 rings (SSSR count). The molecule has 1 aromatic carbocycles. The van der Waals surface area contributed by atoms with Crippen molar-refractivity contribution in [1.29, 1.82) is 0 Å². The molecule has 2 atom stereocenters. The molecule has 24 heavy (non-hydrogen) atoms. The van der Waals surface area contributed by atoms with Gasteiger partial charge in [0.25, 0.3) is 0 Å². The van der Waals surface area contributed by atoms with Crippen LogP contribution in [0, 0.1) is 11.8 Å². The van der Waals surface area contributed by atoms with Gasteiger partial charge in [-0.1, -0.05) is 13.8 Å². The van der Waals surface area contributed by atoms with Gasteiger partial charge < -0.3 is 4.90 Å². The average molecular weight is 348 g/mol. The van der Waals surface area contributed by atoms with Crippen LogP contribution in [0.2, 0.25) is 0 Å². The van der Waals surface area contributed by atoms with Crippen LogP contribution in [-0.2, 0) is 27.7 Å². The van der Waals surface area contributed by atoms with Gasteiger partial charge in [-0.3, -0.25) is 4.79 Å². The molecule has 0 spiro atoms. The zero-order valence-electron chi connectivity index (χ0n) is 14.3. The number of aryl methyl sites for hydroxylation is 1. The van der Waals surface area contributed by atoms with Gasteiger partial charge in [-0.05, 0) is 54.4 Å². The van der Waals surface area contributed by atoms with Gasteiger partial charge in [-0.25, -0.2) is 8.42 Å². The fraction of sp³-hybridized carbons (Fsp3) is 0.611. The second-order valence-corrected chi connectivity index (χ2v) is 9.62. The molecule has 5 nitrogen and oxygen atoms in total. The summed E-state index contributed by atoms with van der Waals surface area (Å²) in [7, 11) is -3.49. The highest BCUT2D eigenvalue weighted by Crippen LogP contribution is 2.39. The predicted molar refractivity (Wildman–Crippen MR) is 92.5 cm³/mol. The number of anilines is 1. The van der Waals surface area contributed by atoms with Crippen molar-refractivity contribution < 1.29 is 13.2 Å². The summed E-state index contributed by atoms with van der Waals surface area (Å²) in [4.78, 5) is 14.4. The normalized spacial score (nSPS) is 27.4. The molecule has 6 heteroatoms. The Labute approximate surface area is 143 Å². The van der Waals surface area contributed by atoms with Crippen molar-refractivity contribution in [3.8, 4) is 0 Å². The average Bonchev–Trinajstić information content (AvgIpc) is 2.84. The molecule has 0 saturated carbocycles. The molecule has 3 aliphatic rings. The van der Waals surface area contributed by atoms with Crippen molar-refractivity contribution >= 4 is 21.6 Å².